The third-order valence-electron chi connectivity index (χ3n) is 5.09. The van der Waals surface area contributed by atoms with Gasteiger partial charge in [0.15, 0.2) is 0 Å². The SMILES string of the molecule is CCOC(=O)Oc1ccc(S(=O)(=O)N2c3ccccc3-c3ccc(F)cc3C2C)cc1. The molecule has 0 radical (unpaired) electrons. The maximum atomic E-state index is 14.0. The maximum Gasteiger partial charge on any atom is 0.513 e. The van der Waals surface area contributed by atoms with Gasteiger partial charge < -0.3 is 9.47 Å². The van der Waals surface area contributed by atoms with Gasteiger partial charge in [0.2, 0.25) is 0 Å². The van der Waals surface area contributed by atoms with Gasteiger partial charge in [-0.05, 0) is 67.4 Å². The molecule has 1 heterocycles. The molecule has 3 aromatic carbocycles. The van der Waals surface area contributed by atoms with Gasteiger partial charge in [0.25, 0.3) is 10.0 Å². The summed E-state index contributed by atoms with van der Waals surface area (Å²) in [4.78, 5) is 11.5. The molecule has 3 aromatic rings. The van der Waals surface area contributed by atoms with E-state index in [-0.39, 0.29) is 17.3 Å². The van der Waals surface area contributed by atoms with Crippen molar-refractivity contribution in [3.63, 3.8) is 0 Å². The van der Waals surface area contributed by atoms with E-state index in [9.17, 15) is 17.6 Å². The summed E-state index contributed by atoms with van der Waals surface area (Å²) >= 11 is 0. The third-order valence-corrected chi connectivity index (χ3v) is 6.99. The van der Waals surface area contributed by atoms with Crippen molar-refractivity contribution >= 4 is 21.9 Å². The molecule has 0 saturated heterocycles. The molecule has 160 valence electrons. The molecule has 0 bridgehead atoms. The number of halogens is 1. The zero-order valence-corrected chi connectivity index (χ0v) is 17.7. The first-order valence-corrected chi connectivity index (χ1v) is 11.1. The topological polar surface area (TPSA) is 72.9 Å². The van der Waals surface area contributed by atoms with E-state index in [0.29, 0.717) is 16.8 Å². The van der Waals surface area contributed by atoms with Gasteiger partial charge in [-0.3, -0.25) is 4.31 Å². The minimum absolute atomic E-state index is 0.0187. The van der Waals surface area contributed by atoms with E-state index in [2.05, 4.69) is 0 Å². The number of sulfonamides is 1. The number of carbonyl (C=O) groups excluding carboxylic acids is 1. The molecular formula is C23H20FNO5S. The van der Waals surface area contributed by atoms with E-state index in [1.54, 1.807) is 32.0 Å². The summed E-state index contributed by atoms with van der Waals surface area (Å²) in [7, 11) is -4.00. The predicted molar refractivity (Wildman–Crippen MR) is 114 cm³/mol. The lowest BCUT2D eigenvalue weighted by Gasteiger charge is -2.37. The Hall–Kier alpha value is -3.39. The molecule has 1 aliphatic rings. The van der Waals surface area contributed by atoms with Gasteiger partial charge in [0.05, 0.1) is 23.2 Å². The molecule has 0 spiro atoms. The fourth-order valence-electron chi connectivity index (χ4n) is 3.73. The predicted octanol–water partition coefficient (Wildman–Crippen LogP) is 5.30. The van der Waals surface area contributed by atoms with E-state index in [1.807, 2.05) is 12.1 Å². The number of fused-ring (bicyclic) bond motifs is 3. The molecule has 1 atom stereocenters. The molecule has 6 nitrogen and oxygen atoms in total. The highest BCUT2D eigenvalue weighted by Gasteiger charge is 2.36. The van der Waals surface area contributed by atoms with E-state index < -0.39 is 28.0 Å². The van der Waals surface area contributed by atoms with Crippen molar-refractivity contribution in [2.24, 2.45) is 0 Å². The second-order valence-corrected chi connectivity index (χ2v) is 8.80. The molecule has 0 saturated carbocycles. The summed E-state index contributed by atoms with van der Waals surface area (Å²) < 4.78 is 52.2. The van der Waals surface area contributed by atoms with E-state index in [0.717, 1.165) is 5.56 Å². The number of hydrogen-bond donors (Lipinski definition) is 0. The summed E-state index contributed by atoms with van der Waals surface area (Å²) in [6.07, 6.45) is -0.865. The summed E-state index contributed by atoms with van der Waals surface area (Å²) in [6.45, 7) is 3.54. The lowest BCUT2D eigenvalue weighted by Crippen LogP contribution is -2.36. The van der Waals surface area contributed by atoms with Crippen LogP contribution < -0.4 is 9.04 Å². The van der Waals surface area contributed by atoms with Gasteiger partial charge in [0, 0.05) is 5.56 Å². The molecule has 0 amide bonds. The van der Waals surface area contributed by atoms with Crippen LogP contribution >= 0.6 is 0 Å². The van der Waals surface area contributed by atoms with Crippen LogP contribution in [0.4, 0.5) is 14.9 Å². The standard InChI is InChI=1S/C23H20FNO5S/c1-3-29-23(26)30-17-9-11-18(12-10-17)31(27,28)25-15(2)21-14-16(24)8-13-19(21)20-6-4-5-7-22(20)25/h4-15H,3H2,1-2H3. The monoisotopic (exact) mass is 441 g/mol. The van der Waals surface area contributed by atoms with E-state index >= 15 is 0 Å². The quantitative estimate of drug-likeness (QED) is 0.406. The van der Waals surface area contributed by atoms with Crippen LogP contribution in [0.15, 0.2) is 71.6 Å². The fourth-order valence-corrected chi connectivity index (χ4v) is 5.38. The van der Waals surface area contributed by atoms with Crippen molar-refractivity contribution in [1.29, 1.82) is 0 Å². The largest absolute Gasteiger partial charge is 0.513 e. The zero-order valence-electron chi connectivity index (χ0n) is 16.9. The van der Waals surface area contributed by atoms with Crippen molar-refractivity contribution in [3.05, 3.63) is 78.1 Å². The summed E-state index contributed by atoms with van der Waals surface area (Å²) in [6, 6.07) is 16.4. The molecule has 0 N–H and O–H groups in total. The molecule has 0 aromatic heterocycles. The summed E-state index contributed by atoms with van der Waals surface area (Å²) in [5.74, 6) is -0.264. The van der Waals surface area contributed by atoms with Crippen LogP contribution in [-0.4, -0.2) is 21.2 Å². The molecule has 4 rings (SSSR count). The number of nitrogens with zero attached hydrogens (tertiary/aromatic N) is 1. The molecular weight excluding hydrogens is 421 g/mol. The van der Waals surface area contributed by atoms with Crippen molar-refractivity contribution < 1.29 is 27.1 Å². The van der Waals surface area contributed by atoms with Crippen molar-refractivity contribution in [3.8, 4) is 16.9 Å². The Morgan fingerprint density at radius 1 is 1.03 bits per heavy atom. The van der Waals surface area contributed by atoms with Gasteiger partial charge in [-0.2, -0.15) is 0 Å². The smallest absolute Gasteiger partial charge is 0.434 e. The molecule has 0 aliphatic carbocycles. The first kappa shape index (κ1) is 20.9. The number of rotatable bonds is 4. The maximum absolute atomic E-state index is 14.0. The number of benzene rings is 3. The lowest BCUT2D eigenvalue weighted by atomic mass is 9.90. The van der Waals surface area contributed by atoms with Crippen LogP contribution in [0.25, 0.3) is 11.1 Å². The number of para-hydroxylation sites is 1. The van der Waals surface area contributed by atoms with Gasteiger partial charge in [-0.15, -0.1) is 0 Å². The Morgan fingerprint density at radius 2 is 1.74 bits per heavy atom. The second kappa shape index (κ2) is 8.03. The van der Waals surface area contributed by atoms with Crippen LogP contribution in [0.2, 0.25) is 0 Å². The van der Waals surface area contributed by atoms with Gasteiger partial charge in [-0.1, -0.05) is 24.3 Å². The van der Waals surface area contributed by atoms with E-state index in [4.69, 9.17) is 9.47 Å². The normalized spacial score (nSPS) is 15.1. The van der Waals surface area contributed by atoms with Crippen molar-refractivity contribution in [2.75, 3.05) is 10.9 Å². The molecule has 0 fully saturated rings. The van der Waals surface area contributed by atoms with Gasteiger partial charge in [-0.25, -0.2) is 17.6 Å². The average molecular weight is 441 g/mol. The van der Waals surface area contributed by atoms with Gasteiger partial charge >= 0.3 is 6.16 Å². The Labute approximate surface area is 179 Å². The highest BCUT2D eigenvalue weighted by Crippen LogP contribution is 2.47. The fraction of sp³-hybridized carbons (Fsp3) is 0.174. The van der Waals surface area contributed by atoms with Crippen LogP contribution in [0, 0.1) is 5.82 Å². The second-order valence-electron chi connectivity index (χ2n) is 6.98. The van der Waals surface area contributed by atoms with Crippen LogP contribution in [0.5, 0.6) is 5.75 Å². The van der Waals surface area contributed by atoms with E-state index in [1.165, 1.54) is 40.7 Å². The van der Waals surface area contributed by atoms with Crippen molar-refractivity contribution in [2.45, 2.75) is 24.8 Å². The highest BCUT2D eigenvalue weighted by atomic mass is 32.2. The zero-order chi connectivity index (χ0) is 22.2. The Kier molecular flexibility index (Phi) is 5.41. The Balaban J connectivity index is 1.75. The number of carbonyl (C=O) groups is 1. The first-order chi connectivity index (χ1) is 14.8. The minimum Gasteiger partial charge on any atom is -0.434 e. The average Bonchev–Trinajstić information content (AvgIpc) is 2.74. The number of anilines is 1. The Morgan fingerprint density at radius 3 is 2.45 bits per heavy atom. The van der Waals surface area contributed by atoms with Crippen molar-refractivity contribution in [1.82, 2.24) is 0 Å². The molecule has 31 heavy (non-hydrogen) atoms. The lowest BCUT2D eigenvalue weighted by molar-refractivity contribution is 0.104. The summed E-state index contributed by atoms with van der Waals surface area (Å²) in [5, 5.41) is 0. The van der Waals surface area contributed by atoms with Crippen LogP contribution in [0.3, 0.4) is 0 Å². The van der Waals surface area contributed by atoms with Gasteiger partial charge in [0.1, 0.15) is 11.6 Å². The third kappa shape index (κ3) is 3.74. The molecule has 1 aliphatic heterocycles. The first-order valence-electron chi connectivity index (χ1n) is 9.71. The highest BCUT2D eigenvalue weighted by molar-refractivity contribution is 7.92. The van der Waals surface area contributed by atoms with Crippen LogP contribution in [-0.2, 0) is 14.8 Å². The van der Waals surface area contributed by atoms with Crippen LogP contribution in [0.1, 0.15) is 25.5 Å². The summed E-state index contributed by atoms with van der Waals surface area (Å²) in [5.41, 5.74) is 2.61. The Bertz CT molecular complexity index is 1240. The molecule has 8 heteroatoms. The number of hydrogen-bond acceptors (Lipinski definition) is 5. The number of ether oxygens (including phenoxy) is 2. The molecule has 1 unspecified atom stereocenters. The minimum atomic E-state index is -4.00.